The second-order valence-electron chi connectivity index (χ2n) is 6.39. The highest BCUT2D eigenvalue weighted by molar-refractivity contribution is 5.93. The summed E-state index contributed by atoms with van der Waals surface area (Å²) in [4.78, 5) is 25.0. The second kappa shape index (κ2) is 6.39. The summed E-state index contributed by atoms with van der Waals surface area (Å²) < 4.78 is 0. The van der Waals surface area contributed by atoms with E-state index >= 15 is 0 Å². The molecule has 1 aromatic heterocycles. The molecule has 21 heavy (non-hydrogen) atoms. The Bertz CT molecular complexity index is 489. The van der Waals surface area contributed by atoms with E-state index in [1.54, 1.807) is 6.07 Å². The largest absolute Gasteiger partial charge is 0.365 e. The smallest absolute Gasteiger partial charge is 0.272 e. The molecule has 0 aromatic carbocycles. The second-order valence-corrected chi connectivity index (χ2v) is 6.39. The van der Waals surface area contributed by atoms with Crippen LogP contribution in [0.25, 0.3) is 0 Å². The minimum atomic E-state index is -0.0958. The van der Waals surface area contributed by atoms with E-state index in [4.69, 9.17) is 0 Å². The predicted molar refractivity (Wildman–Crippen MR) is 83.4 cm³/mol. The highest BCUT2D eigenvalue weighted by Gasteiger charge is 2.22. The highest BCUT2D eigenvalue weighted by atomic mass is 16.2. The molecular weight excluding hydrogens is 266 g/mol. The normalized spacial score (nSPS) is 16.9. The van der Waals surface area contributed by atoms with E-state index in [2.05, 4.69) is 47.9 Å². The van der Waals surface area contributed by atoms with Crippen LogP contribution in [0, 0.1) is 0 Å². The number of hydrogen-bond donors (Lipinski definition) is 1. The molecule has 0 saturated carbocycles. The van der Waals surface area contributed by atoms with Gasteiger partial charge in [0, 0.05) is 37.8 Å². The molecule has 0 bridgehead atoms. The van der Waals surface area contributed by atoms with E-state index in [0.29, 0.717) is 11.5 Å². The fourth-order valence-corrected chi connectivity index (χ4v) is 2.36. The number of amides is 1. The van der Waals surface area contributed by atoms with Gasteiger partial charge in [0.1, 0.15) is 17.8 Å². The van der Waals surface area contributed by atoms with Gasteiger partial charge in [-0.1, -0.05) is 6.92 Å². The quantitative estimate of drug-likeness (QED) is 0.913. The Hall–Kier alpha value is -1.69. The lowest BCUT2D eigenvalue weighted by molar-refractivity contribution is 0.0637. The van der Waals surface area contributed by atoms with Crippen molar-refractivity contribution in [1.82, 2.24) is 19.8 Å². The minimum Gasteiger partial charge on any atom is -0.365 e. The van der Waals surface area contributed by atoms with E-state index in [1.165, 1.54) is 6.33 Å². The van der Waals surface area contributed by atoms with E-state index in [1.807, 2.05) is 4.90 Å². The molecule has 2 heterocycles. The Morgan fingerprint density at radius 3 is 2.48 bits per heavy atom. The number of aromatic nitrogens is 2. The van der Waals surface area contributed by atoms with Crippen molar-refractivity contribution in [3.63, 3.8) is 0 Å². The Morgan fingerprint density at radius 2 is 1.90 bits per heavy atom. The number of hydrogen-bond acceptors (Lipinski definition) is 5. The summed E-state index contributed by atoms with van der Waals surface area (Å²) in [6, 6.07) is 1.74. The first-order valence-electron chi connectivity index (χ1n) is 7.51. The molecule has 1 amide bonds. The lowest BCUT2D eigenvalue weighted by atomic mass is 10.1. The Balaban J connectivity index is 2.04. The summed E-state index contributed by atoms with van der Waals surface area (Å²) in [6.07, 6.45) is 1.45. The third-order valence-corrected chi connectivity index (χ3v) is 3.50. The van der Waals surface area contributed by atoms with Gasteiger partial charge in [0.15, 0.2) is 0 Å². The first-order chi connectivity index (χ1) is 9.89. The molecule has 1 fully saturated rings. The van der Waals surface area contributed by atoms with Crippen molar-refractivity contribution in [1.29, 1.82) is 0 Å². The molecular formula is C15H25N5O. The molecule has 0 spiro atoms. The molecule has 6 nitrogen and oxygen atoms in total. The lowest BCUT2D eigenvalue weighted by Gasteiger charge is -2.33. The van der Waals surface area contributed by atoms with E-state index in [9.17, 15) is 4.79 Å². The van der Waals surface area contributed by atoms with Gasteiger partial charge in [-0.15, -0.1) is 0 Å². The average molecular weight is 291 g/mol. The van der Waals surface area contributed by atoms with Crippen LogP contribution < -0.4 is 5.32 Å². The third-order valence-electron chi connectivity index (χ3n) is 3.50. The zero-order valence-electron chi connectivity index (χ0n) is 13.4. The van der Waals surface area contributed by atoms with Gasteiger partial charge >= 0.3 is 0 Å². The monoisotopic (exact) mass is 291 g/mol. The number of anilines is 1. The maximum absolute atomic E-state index is 12.5. The van der Waals surface area contributed by atoms with Gasteiger partial charge in [-0.3, -0.25) is 4.79 Å². The molecule has 0 radical (unpaired) electrons. The van der Waals surface area contributed by atoms with Crippen LogP contribution in [0.4, 0.5) is 5.82 Å². The number of nitrogens with zero attached hydrogens (tertiary/aromatic N) is 4. The van der Waals surface area contributed by atoms with Crippen molar-refractivity contribution < 1.29 is 4.79 Å². The molecule has 1 aliphatic heterocycles. The summed E-state index contributed by atoms with van der Waals surface area (Å²) in [5.41, 5.74) is 0.364. The summed E-state index contributed by atoms with van der Waals surface area (Å²) in [7, 11) is 0. The maximum Gasteiger partial charge on any atom is 0.272 e. The molecule has 0 atom stereocenters. The van der Waals surface area contributed by atoms with Crippen LogP contribution >= 0.6 is 0 Å². The fourth-order valence-electron chi connectivity index (χ4n) is 2.36. The van der Waals surface area contributed by atoms with Crippen molar-refractivity contribution in [2.24, 2.45) is 0 Å². The van der Waals surface area contributed by atoms with Crippen LogP contribution in [-0.4, -0.2) is 63.9 Å². The highest BCUT2D eigenvalue weighted by Crippen LogP contribution is 2.14. The summed E-state index contributed by atoms with van der Waals surface area (Å²) in [6.45, 7) is 12.7. The van der Waals surface area contributed by atoms with Gasteiger partial charge in [-0.05, 0) is 27.3 Å². The average Bonchev–Trinajstić information content (AvgIpc) is 2.45. The Kier molecular flexibility index (Phi) is 4.77. The van der Waals surface area contributed by atoms with Gasteiger partial charge in [-0.2, -0.15) is 0 Å². The number of carbonyl (C=O) groups excluding carboxylic acids is 1. The zero-order chi connectivity index (χ0) is 15.5. The van der Waals surface area contributed by atoms with Gasteiger partial charge in [-0.25, -0.2) is 9.97 Å². The van der Waals surface area contributed by atoms with Gasteiger partial charge in [0.25, 0.3) is 5.91 Å². The maximum atomic E-state index is 12.5. The van der Waals surface area contributed by atoms with Gasteiger partial charge in [0.2, 0.25) is 0 Å². The van der Waals surface area contributed by atoms with Crippen LogP contribution in [-0.2, 0) is 0 Å². The van der Waals surface area contributed by atoms with Crippen molar-refractivity contribution in [2.45, 2.75) is 33.2 Å². The summed E-state index contributed by atoms with van der Waals surface area (Å²) in [5.74, 6) is 0.679. The number of carbonyl (C=O) groups is 1. The lowest BCUT2D eigenvalue weighted by Crippen LogP contribution is -2.48. The Morgan fingerprint density at radius 1 is 1.24 bits per heavy atom. The molecule has 116 valence electrons. The van der Waals surface area contributed by atoms with Crippen LogP contribution in [0.1, 0.15) is 38.2 Å². The topological polar surface area (TPSA) is 61.4 Å². The number of piperazine rings is 1. The zero-order valence-corrected chi connectivity index (χ0v) is 13.4. The van der Waals surface area contributed by atoms with Crippen LogP contribution in [0.2, 0.25) is 0 Å². The van der Waals surface area contributed by atoms with Gasteiger partial charge < -0.3 is 15.1 Å². The standard InChI is InChI=1S/C15H25N5O/c1-5-19-6-8-20(9-7-19)14(21)12-10-13(17-11-16-12)18-15(2,3)4/h10-11H,5-9H2,1-4H3,(H,16,17,18). The number of likely N-dealkylation sites (N-methyl/N-ethyl adjacent to an activating group) is 1. The molecule has 1 aromatic rings. The molecule has 1 aliphatic rings. The van der Waals surface area contributed by atoms with E-state index in [-0.39, 0.29) is 11.4 Å². The number of nitrogens with one attached hydrogen (secondary N) is 1. The summed E-state index contributed by atoms with van der Waals surface area (Å²) >= 11 is 0. The molecule has 6 heteroatoms. The van der Waals surface area contributed by atoms with Crippen LogP contribution in [0.3, 0.4) is 0 Å². The Labute approximate surface area is 126 Å². The molecule has 1 saturated heterocycles. The van der Waals surface area contributed by atoms with Gasteiger partial charge in [0.05, 0.1) is 0 Å². The fraction of sp³-hybridized carbons (Fsp3) is 0.667. The van der Waals surface area contributed by atoms with Crippen LogP contribution in [0.5, 0.6) is 0 Å². The molecule has 2 rings (SSSR count). The minimum absolute atomic E-state index is 0.00916. The first-order valence-corrected chi connectivity index (χ1v) is 7.51. The molecule has 0 aliphatic carbocycles. The predicted octanol–water partition coefficient (Wildman–Crippen LogP) is 1.46. The van der Waals surface area contributed by atoms with Crippen molar-refractivity contribution in [3.05, 3.63) is 18.1 Å². The number of rotatable bonds is 3. The molecule has 1 N–H and O–H groups in total. The SMILES string of the molecule is CCN1CCN(C(=O)c2cc(NC(C)(C)C)ncn2)CC1. The van der Waals surface area contributed by atoms with Crippen molar-refractivity contribution in [3.8, 4) is 0 Å². The van der Waals surface area contributed by atoms with Crippen molar-refractivity contribution >= 4 is 11.7 Å². The third kappa shape index (κ3) is 4.39. The molecule has 0 unspecified atom stereocenters. The van der Waals surface area contributed by atoms with Crippen LogP contribution in [0.15, 0.2) is 12.4 Å². The summed E-state index contributed by atoms with van der Waals surface area (Å²) in [5, 5.41) is 3.27. The van der Waals surface area contributed by atoms with Crippen molar-refractivity contribution in [2.75, 3.05) is 38.0 Å². The first kappa shape index (κ1) is 15.7. The van der Waals surface area contributed by atoms with E-state index < -0.39 is 0 Å². The van der Waals surface area contributed by atoms with E-state index in [0.717, 1.165) is 32.7 Å².